The van der Waals surface area contributed by atoms with Gasteiger partial charge in [0.1, 0.15) is 18.2 Å². The van der Waals surface area contributed by atoms with Crippen molar-refractivity contribution in [1.82, 2.24) is 4.90 Å². The first-order valence-electron chi connectivity index (χ1n) is 11.3. The number of benzene rings is 2. The average molecular weight is 443 g/mol. The van der Waals surface area contributed by atoms with E-state index in [2.05, 4.69) is 5.32 Å². The van der Waals surface area contributed by atoms with Crippen molar-refractivity contribution in [2.75, 3.05) is 38.7 Å². The van der Waals surface area contributed by atoms with Gasteiger partial charge in [-0.15, -0.1) is 0 Å². The highest BCUT2D eigenvalue weighted by atomic mass is 19.1. The first-order chi connectivity index (χ1) is 15.6. The van der Waals surface area contributed by atoms with Crippen LogP contribution in [-0.2, 0) is 21.7 Å². The molecule has 0 spiro atoms. The fourth-order valence-corrected chi connectivity index (χ4v) is 4.37. The summed E-state index contributed by atoms with van der Waals surface area (Å²) in [6.07, 6.45) is 4.66. The smallest absolute Gasteiger partial charge is 0.321 e. The van der Waals surface area contributed by atoms with Crippen LogP contribution in [0.25, 0.3) is 0 Å². The first kappa shape index (κ1) is 22.6. The van der Waals surface area contributed by atoms with Crippen LogP contribution >= 0.6 is 0 Å². The molecule has 2 amide bonds. The molecule has 2 aromatic carbocycles. The molecule has 172 valence electrons. The molecule has 0 bridgehead atoms. The number of carbonyl (C=O) groups is 1. The van der Waals surface area contributed by atoms with E-state index in [4.69, 9.17) is 14.2 Å². The Hall–Kier alpha value is -2.64. The number of amides is 2. The van der Waals surface area contributed by atoms with Gasteiger partial charge in [0.2, 0.25) is 0 Å². The number of rotatable bonds is 6. The molecule has 2 saturated heterocycles. The summed E-state index contributed by atoms with van der Waals surface area (Å²) < 4.78 is 31.5. The summed E-state index contributed by atoms with van der Waals surface area (Å²) in [5, 5.41) is 2.95. The number of urea groups is 1. The number of hydrogen-bond acceptors (Lipinski definition) is 4. The zero-order chi connectivity index (χ0) is 22.4. The second kappa shape index (κ2) is 10.3. The Labute approximate surface area is 188 Å². The highest BCUT2D eigenvalue weighted by Crippen LogP contribution is 2.37. The molecule has 32 heavy (non-hydrogen) atoms. The van der Waals surface area contributed by atoms with Gasteiger partial charge in [0.25, 0.3) is 0 Å². The summed E-state index contributed by atoms with van der Waals surface area (Å²) >= 11 is 0. The number of methoxy groups -OCH3 is 1. The van der Waals surface area contributed by atoms with E-state index < -0.39 is 5.60 Å². The van der Waals surface area contributed by atoms with E-state index in [-0.39, 0.29) is 11.8 Å². The summed E-state index contributed by atoms with van der Waals surface area (Å²) in [7, 11) is 1.66. The predicted molar refractivity (Wildman–Crippen MR) is 120 cm³/mol. The maximum absolute atomic E-state index is 14.3. The summed E-state index contributed by atoms with van der Waals surface area (Å²) in [5.74, 6) is 0.113. The Kier molecular flexibility index (Phi) is 7.27. The summed E-state index contributed by atoms with van der Waals surface area (Å²) in [4.78, 5) is 14.2. The number of anilines is 1. The monoisotopic (exact) mass is 442 g/mol. The van der Waals surface area contributed by atoms with Crippen molar-refractivity contribution in [3.63, 3.8) is 0 Å². The van der Waals surface area contributed by atoms with Crippen LogP contribution in [0.15, 0.2) is 42.5 Å². The zero-order valence-electron chi connectivity index (χ0n) is 18.6. The second-order valence-corrected chi connectivity index (χ2v) is 8.45. The highest BCUT2D eigenvalue weighted by Gasteiger charge is 2.35. The van der Waals surface area contributed by atoms with Crippen molar-refractivity contribution in [2.45, 2.75) is 44.3 Å². The SMILES string of the molecule is COC1(c2cc(F)cc(OCc3ccc(NC(=O)N4CCCCC4)cc3)c2)CCOCC1. The topological polar surface area (TPSA) is 60.0 Å². The number of likely N-dealkylation sites (tertiary alicyclic amines) is 1. The third-order valence-electron chi connectivity index (χ3n) is 6.34. The van der Waals surface area contributed by atoms with E-state index in [0.717, 1.165) is 42.7 Å². The van der Waals surface area contributed by atoms with Gasteiger partial charge >= 0.3 is 6.03 Å². The molecule has 0 unspecified atom stereocenters. The minimum atomic E-state index is -0.549. The molecule has 0 aromatic heterocycles. The van der Waals surface area contributed by atoms with Crippen LogP contribution in [0.2, 0.25) is 0 Å². The molecule has 6 nitrogen and oxygen atoms in total. The van der Waals surface area contributed by atoms with E-state index in [1.807, 2.05) is 35.2 Å². The van der Waals surface area contributed by atoms with Gasteiger partial charge in [-0.25, -0.2) is 9.18 Å². The predicted octanol–water partition coefficient (Wildman–Crippen LogP) is 5.07. The molecule has 0 aliphatic carbocycles. The van der Waals surface area contributed by atoms with Gasteiger partial charge in [0.05, 0.1) is 5.60 Å². The summed E-state index contributed by atoms with van der Waals surface area (Å²) in [6.45, 7) is 3.09. The molecule has 2 aliphatic rings. The van der Waals surface area contributed by atoms with Crippen molar-refractivity contribution in [3.8, 4) is 5.75 Å². The van der Waals surface area contributed by atoms with Crippen molar-refractivity contribution >= 4 is 11.7 Å². The third-order valence-corrected chi connectivity index (χ3v) is 6.34. The minimum Gasteiger partial charge on any atom is -0.489 e. The number of hydrogen-bond donors (Lipinski definition) is 1. The van der Waals surface area contributed by atoms with E-state index in [9.17, 15) is 9.18 Å². The first-order valence-corrected chi connectivity index (χ1v) is 11.3. The maximum Gasteiger partial charge on any atom is 0.321 e. The molecule has 4 rings (SSSR count). The molecular formula is C25H31FN2O4. The summed E-state index contributed by atoms with van der Waals surface area (Å²) in [6, 6.07) is 12.2. The number of piperidine rings is 1. The zero-order valence-corrected chi connectivity index (χ0v) is 18.6. The van der Waals surface area contributed by atoms with E-state index in [0.29, 0.717) is 38.4 Å². The molecule has 1 N–H and O–H groups in total. The van der Waals surface area contributed by atoms with Gasteiger partial charge in [-0.2, -0.15) is 0 Å². The van der Waals surface area contributed by atoms with Gasteiger partial charge in [-0.3, -0.25) is 0 Å². The Morgan fingerprint density at radius 2 is 1.81 bits per heavy atom. The number of carbonyl (C=O) groups excluding carboxylic acids is 1. The Morgan fingerprint density at radius 3 is 2.50 bits per heavy atom. The fraction of sp³-hybridized carbons (Fsp3) is 0.480. The molecular weight excluding hydrogens is 411 g/mol. The van der Waals surface area contributed by atoms with E-state index in [1.165, 1.54) is 18.6 Å². The van der Waals surface area contributed by atoms with Crippen LogP contribution in [-0.4, -0.2) is 44.3 Å². The molecule has 0 atom stereocenters. The van der Waals surface area contributed by atoms with Gasteiger partial charge in [-0.1, -0.05) is 12.1 Å². The lowest BCUT2D eigenvalue weighted by Crippen LogP contribution is -2.38. The molecule has 2 heterocycles. The van der Waals surface area contributed by atoms with E-state index in [1.54, 1.807) is 7.11 Å². The molecule has 0 radical (unpaired) electrons. The number of nitrogens with one attached hydrogen (secondary N) is 1. The standard InChI is InChI=1S/C25H31FN2O4/c1-30-25(9-13-31-14-10-25)20-15-21(26)17-23(16-20)32-18-19-5-7-22(8-6-19)27-24(29)28-11-3-2-4-12-28/h5-8,15-17H,2-4,9-14,18H2,1H3,(H,27,29). The Bertz CT molecular complexity index is 907. The minimum absolute atomic E-state index is 0.0545. The molecule has 2 fully saturated rings. The largest absolute Gasteiger partial charge is 0.489 e. The molecule has 0 saturated carbocycles. The number of ether oxygens (including phenoxy) is 3. The van der Waals surface area contributed by atoms with Gasteiger partial charge in [0.15, 0.2) is 0 Å². The van der Waals surface area contributed by atoms with Crippen LogP contribution < -0.4 is 10.1 Å². The number of halogens is 1. The maximum atomic E-state index is 14.3. The Balaban J connectivity index is 1.37. The molecule has 2 aromatic rings. The van der Waals surface area contributed by atoms with Crippen LogP contribution in [0.1, 0.15) is 43.2 Å². The van der Waals surface area contributed by atoms with Crippen molar-refractivity contribution < 1.29 is 23.4 Å². The lowest BCUT2D eigenvalue weighted by atomic mass is 9.86. The fourth-order valence-electron chi connectivity index (χ4n) is 4.37. The quantitative estimate of drug-likeness (QED) is 0.678. The van der Waals surface area contributed by atoms with E-state index >= 15 is 0 Å². The Morgan fingerprint density at radius 1 is 1.09 bits per heavy atom. The van der Waals surface area contributed by atoms with Crippen LogP contribution in [0.3, 0.4) is 0 Å². The highest BCUT2D eigenvalue weighted by molar-refractivity contribution is 5.89. The van der Waals surface area contributed by atoms with Crippen molar-refractivity contribution in [1.29, 1.82) is 0 Å². The summed E-state index contributed by atoms with van der Waals surface area (Å²) in [5.41, 5.74) is 1.90. The average Bonchev–Trinajstić information content (AvgIpc) is 2.84. The van der Waals surface area contributed by atoms with Gasteiger partial charge < -0.3 is 24.4 Å². The van der Waals surface area contributed by atoms with Gasteiger partial charge in [0, 0.05) is 58.0 Å². The lowest BCUT2D eigenvalue weighted by molar-refractivity contribution is -0.0950. The van der Waals surface area contributed by atoms with Crippen LogP contribution in [0.4, 0.5) is 14.9 Å². The van der Waals surface area contributed by atoms with Crippen LogP contribution in [0, 0.1) is 5.82 Å². The lowest BCUT2D eigenvalue weighted by Gasteiger charge is -2.36. The van der Waals surface area contributed by atoms with Gasteiger partial charge in [-0.05, 0) is 54.7 Å². The second-order valence-electron chi connectivity index (χ2n) is 8.45. The van der Waals surface area contributed by atoms with Crippen molar-refractivity contribution in [3.05, 3.63) is 59.4 Å². The molecule has 2 aliphatic heterocycles. The number of nitrogens with zero attached hydrogens (tertiary/aromatic N) is 1. The van der Waals surface area contributed by atoms with Crippen LogP contribution in [0.5, 0.6) is 5.75 Å². The van der Waals surface area contributed by atoms with Crippen molar-refractivity contribution in [2.24, 2.45) is 0 Å². The third kappa shape index (κ3) is 5.40. The molecule has 7 heteroatoms. The normalized spacial score (nSPS) is 18.2.